The van der Waals surface area contributed by atoms with Crippen LogP contribution in [0.5, 0.6) is 5.75 Å². The number of nitrogens with zero attached hydrogens (tertiary/aromatic N) is 1. The van der Waals surface area contributed by atoms with Crippen LogP contribution in [0.15, 0.2) is 84.5 Å². The molecule has 0 unspecified atom stereocenters. The average molecular weight is 373 g/mol. The molecule has 0 fully saturated rings. The van der Waals surface area contributed by atoms with E-state index in [0.717, 1.165) is 16.3 Å². The van der Waals surface area contributed by atoms with Crippen molar-refractivity contribution < 1.29 is 14.3 Å². The van der Waals surface area contributed by atoms with E-state index in [2.05, 4.69) is 22.4 Å². The molecule has 0 aliphatic carbocycles. The Balaban J connectivity index is 1.57. The fourth-order valence-electron chi connectivity index (χ4n) is 2.53. The number of carbonyl (C=O) groups is 2. The van der Waals surface area contributed by atoms with Crippen LogP contribution in [0.4, 0.5) is 5.69 Å². The lowest BCUT2D eigenvalue weighted by molar-refractivity contribution is -0.136. The molecule has 140 valence electrons. The number of hydrazone groups is 1. The minimum Gasteiger partial charge on any atom is -0.490 e. The van der Waals surface area contributed by atoms with E-state index in [0.29, 0.717) is 18.0 Å². The molecule has 6 nitrogen and oxygen atoms in total. The molecule has 3 rings (SSSR count). The molecule has 6 heteroatoms. The summed E-state index contributed by atoms with van der Waals surface area (Å²) >= 11 is 0. The fourth-order valence-corrected chi connectivity index (χ4v) is 2.53. The molecular formula is C22H19N3O3. The largest absolute Gasteiger partial charge is 0.490 e. The molecule has 0 bridgehead atoms. The van der Waals surface area contributed by atoms with Gasteiger partial charge in [0.25, 0.3) is 0 Å². The zero-order chi connectivity index (χ0) is 19.8. The topological polar surface area (TPSA) is 79.8 Å². The van der Waals surface area contributed by atoms with Gasteiger partial charge in [-0.15, -0.1) is 0 Å². The summed E-state index contributed by atoms with van der Waals surface area (Å²) in [5.41, 5.74) is 3.54. The smallest absolute Gasteiger partial charge is 0.329 e. The Morgan fingerprint density at radius 2 is 1.71 bits per heavy atom. The number of nitrogens with one attached hydrogen (secondary N) is 2. The van der Waals surface area contributed by atoms with Crippen molar-refractivity contribution in [2.45, 2.75) is 0 Å². The van der Waals surface area contributed by atoms with Gasteiger partial charge in [0.1, 0.15) is 12.4 Å². The van der Waals surface area contributed by atoms with Crippen LogP contribution in [0.2, 0.25) is 0 Å². The molecule has 0 heterocycles. The van der Waals surface area contributed by atoms with Crippen molar-refractivity contribution in [3.63, 3.8) is 0 Å². The number of fused-ring (bicyclic) bond motifs is 1. The fraction of sp³-hybridized carbons (Fsp3) is 0.0455. The van der Waals surface area contributed by atoms with E-state index in [1.807, 2.05) is 36.4 Å². The summed E-state index contributed by atoms with van der Waals surface area (Å²) in [4.78, 5) is 24.1. The van der Waals surface area contributed by atoms with Gasteiger partial charge in [-0.1, -0.05) is 49.1 Å². The van der Waals surface area contributed by atoms with Gasteiger partial charge >= 0.3 is 11.8 Å². The Morgan fingerprint density at radius 3 is 2.50 bits per heavy atom. The van der Waals surface area contributed by atoms with Gasteiger partial charge in [0.15, 0.2) is 0 Å². The predicted octanol–water partition coefficient (Wildman–Crippen LogP) is 3.49. The van der Waals surface area contributed by atoms with Crippen LogP contribution in [-0.2, 0) is 9.59 Å². The number of hydrogen-bond acceptors (Lipinski definition) is 4. The van der Waals surface area contributed by atoms with Crippen molar-refractivity contribution in [2.24, 2.45) is 5.10 Å². The lowest BCUT2D eigenvalue weighted by Crippen LogP contribution is -2.32. The molecule has 3 aromatic carbocycles. The average Bonchev–Trinajstić information content (AvgIpc) is 2.73. The van der Waals surface area contributed by atoms with Crippen molar-refractivity contribution >= 4 is 34.5 Å². The number of ether oxygens (including phenoxy) is 1. The molecule has 3 aromatic rings. The SMILES string of the molecule is C=CCOc1ccc(/C=N\NC(=O)C(=O)Nc2cccc3ccccc23)cc1. The zero-order valence-corrected chi connectivity index (χ0v) is 15.1. The lowest BCUT2D eigenvalue weighted by Gasteiger charge is -2.07. The minimum atomic E-state index is -0.852. The van der Waals surface area contributed by atoms with Crippen LogP contribution in [-0.4, -0.2) is 24.6 Å². The van der Waals surface area contributed by atoms with Crippen LogP contribution in [0.1, 0.15) is 5.56 Å². The maximum Gasteiger partial charge on any atom is 0.329 e. The quantitative estimate of drug-likeness (QED) is 0.300. The molecule has 2 N–H and O–H groups in total. The normalized spacial score (nSPS) is 10.6. The van der Waals surface area contributed by atoms with Crippen LogP contribution in [0.3, 0.4) is 0 Å². The summed E-state index contributed by atoms with van der Waals surface area (Å²) < 4.78 is 5.39. The highest BCUT2D eigenvalue weighted by molar-refractivity contribution is 6.40. The maximum atomic E-state index is 12.1. The number of anilines is 1. The summed E-state index contributed by atoms with van der Waals surface area (Å²) in [6.45, 7) is 4.01. The Kier molecular flexibility index (Phi) is 6.15. The molecule has 0 aliphatic rings. The zero-order valence-electron chi connectivity index (χ0n) is 15.1. The van der Waals surface area contributed by atoms with Crippen molar-refractivity contribution in [2.75, 3.05) is 11.9 Å². The van der Waals surface area contributed by atoms with E-state index in [9.17, 15) is 9.59 Å². The highest BCUT2D eigenvalue weighted by Gasteiger charge is 2.14. The van der Waals surface area contributed by atoms with Gasteiger partial charge < -0.3 is 10.1 Å². The van der Waals surface area contributed by atoms with Gasteiger partial charge in [-0.2, -0.15) is 5.10 Å². The van der Waals surface area contributed by atoms with Crippen molar-refractivity contribution in [1.82, 2.24) is 5.43 Å². The summed E-state index contributed by atoms with van der Waals surface area (Å²) in [5.74, 6) is -0.938. The van der Waals surface area contributed by atoms with Gasteiger partial charge in [-0.25, -0.2) is 5.43 Å². The number of carbonyl (C=O) groups excluding carboxylic acids is 2. The van der Waals surface area contributed by atoms with E-state index in [1.54, 1.807) is 36.4 Å². The second kappa shape index (κ2) is 9.14. The van der Waals surface area contributed by atoms with E-state index >= 15 is 0 Å². The molecule has 28 heavy (non-hydrogen) atoms. The third-order valence-corrected chi connectivity index (χ3v) is 3.87. The van der Waals surface area contributed by atoms with Crippen molar-refractivity contribution in [3.8, 4) is 5.75 Å². The van der Waals surface area contributed by atoms with Gasteiger partial charge in [0.2, 0.25) is 0 Å². The Labute approximate surface area is 162 Å². The van der Waals surface area contributed by atoms with Crippen LogP contribution in [0, 0.1) is 0 Å². The lowest BCUT2D eigenvalue weighted by atomic mass is 10.1. The van der Waals surface area contributed by atoms with Gasteiger partial charge in [0.05, 0.1) is 6.21 Å². The molecule has 0 aromatic heterocycles. The maximum absolute atomic E-state index is 12.1. The van der Waals surface area contributed by atoms with E-state index in [4.69, 9.17) is 4.74 Å². The number of rotatable bonds is 6. The van der Waals surface area contributed by atoms with Gasteiger partial charge in [0, 0.05) is 11.1 Å². The standard InChI is InChI=1S/C22H19N3O3/c1-2-14-28-18-12-10-16(11-13-18)15-23-25-22(27)21(26)24-20-9-5-7-17-6-3-4-8-19(17)20/h2-13,15H,1,14H2,(H,24,26)(H,25,27)/b23-15-. The number of benzene rings is 3. The minimum absolute atomic E-state index is 0.426. The summed E-state index contributed by atoms with van der Waals surface area (Å²) in [7, 11) is 0. The van der Waals surface area contributed by atoms with Crippen molar-refractivity contribution in [3.05, 3.63) is 84.9 Å². The summed E-state index contributed by atoms with van der Waals surface area (Å²) in [6.07, 6.45) is 3.11. The highest BCUT2D eigenvalue weighted by atomic mass is 16.5. The second-order valence-corrected chi connectivity index (χ2v) is 5.85. The molecule has 0 saturated heterocycles. The molecule has 0 spiro atoms. The van der Waals surface area contributed by atoms with Gasteiger partial charge in [-0.3, -0.25) is 9.59 Å². The predicted molar refractivity (Wildman–Crippen MR) is 110 cm³/mol. The molecule has 0 radical (unpaired) electrons. The first-order valence-electron chi connectivity index (χ1n) is 8.63. The summed E-state index contributed by atoms with van der Waals surface area (Å²) in [5, 5.41) is 8.25. The van der Waals surface area contributed by atoms with E-state index < -0.39 is 11.8 Å². The third kappa shape index (κ3) is 4.82. The monoisotopic (exact) mass is 373 g/mol. The molecule has 0 saturated carbocycles. The first kappa shape index (κ1) is 18.8. The van der Waals surface area contributed by atoms with Crippen LogP contribution in [0.25, 0.3) is 10.8 Å². The molecule has 0 aliphatic heterocycles. The Morgan fingerprint density at radius 1 is 0.964 bits per heavy atom. The van der Waals surface area contributed by atoms with Gasteiger partial charge in [-0.05, 0) is 41.3 Å². The van der Waals surface area contributed by atoms with Crippen molar-refractivity contribution in [1.29, 1.82) is 0 Å². The van der Waals surface area contributed by atoms with E-state index in [-0.39, 0.29) is 0 Å². The van der Waals surface area contributed by atoms with Crippen LogP contribution < -0.4 is 15.5 Å². The first-order chi connectivity index (χ1) is 13.7. The second-order valence-electron chi connectivity index (χ2n) is 5.85. The van der Waals surface area contributed by atoms with E-state index in [1.165, 1.54) is 6.21 Å². The number of hydrogen-bond donors (Lipinski definition) is 2. The molecular weight excluding hydrogens is 354 g/mol. The first-order valence-corrected chi connectivity index (χ1v) is 8.63. The third-order valence-electron chi connectivity index (χ3n) is 3.87. The molecule has 0 atom stereocenters. The number of amides is 2. The van der Waals surface area contributed by atoms with Crippen LogP contribution >= 0.6 is 0 Å². The highest BCUT2D eigenvalue weighted by Crippen LogP contribution is 2.22. The Hall–Kier alpha value is -3.93. The molecule has 2 amide bonds. The summed E-state index contributed by atoms with van der Waals surface area (Å²) in [6, 6.07) is 20.2. The Bertz CT molecular complexity index is 1020.